The third-order valence-electron chi connectivity index (χ3n) is 2.83. The number of aryl methyl sites for hydroxylation is 2. The van der Waals surface area contributed by atoms with Crippen LogP contribution in [0.2, 0.25) is 0 Å². The van der Waals surface area contributed by atoms with Crippen LogP contribution in [0.3, 0.4) is 0 Å². The minimum Gasteiger partial charge on any atom is -0.294 e. The molecule has 2 aromatic rings. The first-order valence-electron chi connectivity index (χ1n) is 5.39. The Bertz CT molecular complexity index is 557. The van der Waals surface area contributed by atoms with Gasteiger partial charge < -0.3 is 0 Å². The van der Waals surface area contributed by atoms with Gasteiger partial charge in [-0.3, -0.25) is 4.79 Å². The first-order chi connectivity index (χ1) is 8.06. The molecule has 1 nitrogen and oxygen atoms in total. The van der Waals surface area contributed by atoms with Gasteiger partial charge in [0.25, 0.3) is 0 Å². The van der Waals surface area contributed by atoms with Gasteiger partial charge in [0, 0.05) is 17.4 Å². The Morgan fingerprint density at radius 2 is 2.00 bits per heavy atom. The summed E-state index contributed by atoms with van der Waals surface area (Å²) in [7, 11) is 0. The van der Waals surface area contributed by atoms with Gasteiger partial charge in [0.1, 0.15) is 0 Å². The normalized spacial score (nSPS) is 10.5. The fourth-order valence-electron chi connectivity index (χ4n) is 1.66. The van der Waals surface area contributed by atoms with Gasteiger partial charge in [0.2, 0.25) is 0 Å². The molecule has 0 radical (unpaired) electrons. The molecule has 0 N–H and O–H groups in total. The van der Waals surface area contributed by atoms with Crippen LogP contribution >= 0.6 is 27.3 Å². The molecule has 0 bridgehead atoms. The smallest absolute Gasteiger partial charge is 0.168 e. The van der Waals surface area contributed by atoms with Gasteiger partial charge in [-0.05, 0) is 52.5 Å². The molecule has 0 atom stereocenters. The Labute approximate surface area is 114 Å². The number of carbonyl (C=O) groups is 1. The first-order valence-corrected chi connectivity index (χ1v) is 7.07. The molecule has 17 heavy (non-hydrogen) atoms. The van der Waals surface area contributed by atoms with Crippen LogP contribution in [0, 0.1) is 13.8 Å². The molecule has 0 aliphatic heterocycles. The van der Waals surface area contributed by atoms with E-state index in [0.717, 1.165) is 14.9 Å². The van der Waals surface area contributed by atoms with Crippen LogP contribution in [-0.4, -0.2) is 5.78 Å². The van der Waals surface area contributed by atoms with Gasteiger partial charge in [0.05, 0.1) is 3.79 Å². The van der Waals surface area contributed by atoms with E-state index in [2.05, 4.69) is 41.9 Å². The van der Waals surface area contributed by atoms with Crippen molar-refractivity contribution in [3.05, 3.63) is 55.7 Å². The lowest BCUT2D eigenvalue weighted by Gasteiger charge is -2.04. The van der Waals surface area contributed by atoms with E-state index in [9.17, 15) is 4.79 Å². The van der Waals surface area contributed by atoms with Crippen LogP contribution in [0.5, 0.6) is 0 Å². The molecule has 0 fully saturated rings. The Hall–Kier alpha value is -0.930. The molecule has 0 saturated heterocycles. The lowest BCUT2D eigenvalue weighted by Crippen LogP contribution is -2.02. The fraction of sp³-hybridized carbons (Fsp3) is 0.214. The quantitative estimate of drug-likeness (QED) is 0.760. The van der Waals surface area contributed by atoms with E-state index < -0.39 is 0 Å². The van der Waals surface area contributed by atoms with Crippen molar-refractivity contribution in [3.63, 3.8) is 0 Å². The van der Waals surface area contributed by atoms with E-state index in [1.54, 1.807) is 11.3 Å². The van der Waals surface area contributed by atoms with Crippen LogP contribution in [-0.2, 0) is 6.42 Å². The maximum absolute atomic E-state index is 12.0. The van der Waals surface area contributed by atoms with E-state index >= 15 is 0 Å². The molecule has 0 amide bonds. The standard InChI is InChI=1S/C14H13BrOS/c1-9-3-4-11(5-10(9)2)6-13(16)12-7-14(15)17-8-12/h3-5,7-8H,6H2,1-2H3. The summed E-state index contributed by atoms with van der Waals surface area (Å²) in [4.78, 5) is 12.0. The number of ketones is 1. The van der Waals surface area contributed by atoms with E-state index in [1.807, 2.05) is 17.5 Å². The predicted molar refractivity (Wildman–Crippen MR) is 76.0 cm³/mol. The Morgan fingerprint density at radius 1 is 1.24 bits per heavy atom. The number of rotatable bonds is 3. The summed E-state index contributed by atoms with van der Waals surface area (Å²) in [6, 6.07) is 8.08. The average molecular weight is 309 g/mol. The summed E-state index contributed by atoms with van der Waals surface area (Å²) >= 11 is 4.92. The lowest BCUT2D eigenvalue weighted by atomic mass is 10.0. The van der Waals surface area contributed by atoms with Crippen LogP contribution in [0.1, 0.15) is 27.0 Å². The van der Waals surface area contributed by atoms with Crippen LogP contribution in [0.15, 0.2) is 33.4 Å². The summed E-state index contributed by atoms with van der Waals surface area (Å²) in [6.45, 7) is 4.15. The highest BCUT2D eigenvalue weighted by Gasteiger charge is 2.09. The lowest BCUT2D eigenvalue weighted by molar-refractivity contribution is 0.0993. The number of hydrogen-bond donors (Lipinski definition) is 0. The maximum Gasteiger partial charge on any atom is 0.168 e. The van der Waals surface area contributed by atoms with Crippen molar-refractivity contribution in [3.8, 4) is 0 Å². The minimum atomic E-state index is 0.176. The topological polar surface area (TPSA) is 17.1 Å². The van der Waals surface area contributed by atoms with Gasteiger partial charge in [-0.1, -0.05) is 18.2 Å². The Balaban J connectivity index is 2.15. The molecule has 0 aliphatic carbocycles. The molecule has 0 unspecified atom stereocenters. The first kappa shape index (κ1) is 12.5. The second kappa shape index (κ2) is 5.15. The van der Waals surface area contributed by atoms with Crippen molar-refractivity contribution in [2.75, 3.05) is 0 Å². The second-order valence-corrected chi connectivity index (χ2v) is 6.45. The highest BCUT2D eigenvalue weighted by molar-refractivity contribution is 9.11. The summed E-state index contributed by atoms with van der Waals surface area (Å²) in [5.74, 6) is 0.176. The summed E-state index contributed by atoms with van der Waals surface area (Å²) in [6.07, 6.45) is 0.476. The third-order valence-corrected chi connectivity index (χ3v) is 4.33. The van der Waals surface area contributed by atoms with Gasteiger partial charge in [0.15, 0.2) is 5.78 Å². The maximum atomic E-state index is 12.0. The Morgan fingerprint density at radius 3 is 2.59 bits per heavy atom. The van der Waals surface area contributed by atoms with Crippen molar-refractivity contribution >= 4 is 33.0 Å². The highest BCUT2D eigenvalue weighted by atomic mass is 79.9. The minimum absolute atomic E-state index is 0.176. The van der Waals surface area contributed by atoms with Crippen molar-refractivity contribution in [1.29, 1.82) is 0 Å². The average Bonchev–Trinajstić information content (AvgIpc) is 2.70. The number of benzene rings is 1. The molecule has 1 aromatic carbocycles. The number of thiophene rings is 1. The molecule has 1 aromatic heterocycles. The van der Waals surface area contributed by atoms with Crippen molar-refractivity contribution in [1.82, 2.24) is 0 Å². The molecule has 0 spiro atoms. The van der Waals surface area contributed by atoms with Crippen LogP contribution in [0.4, 0.5) is 0 Å². The largest absolute Gasteiger partial charge is 0.294 e. The van der Waals surface area contributed by atoms with Gasteiger partial charge in [-0.15, -0.1) is 11.3 Å². The molecular weight excluding hydrogens is 296 g/mol. The zero-order valence-electron chi connectivity index (χ0n) is 9.79. The highest BCUT2D eigenvalue weighted by Crippen LogP contribution is 2.22. The van der Waals surface area contributed by atoms with Crippen molar-refractivity contribution in [2.45, 2.75) is 20.3 Å². The zero-order chi connectivity index (χ0) is 12.4. The SMILES string of the molecule is Cc1ccc(CC(=O)c2csc(Br)c2)cc1C. The van der Waals surface area contributed by atoms with E-state index in [4.69, 9.17) is 0 Å². The van der Waals surface area contributed by atoms with E-state index in [0.29, 0.717) is 6.42 Å². The van der Waals surface area contributed by atoms with E-state index in [1.165, 1.54) is 11.1 Å². The molecule has 0 saturated carbocycles. The summed E-state index contributed by atoms with van der Waals surface area (Å²) < 4.78 is 1.00. The molecular formula is C14H13BrOS. The van der Waals surface area contributed by atoms with Crippen molar-refractivity contribution in [2.24, 2.45) is 0 Å². The number of hydrogen-bond acceptors (Lipinski definition) is 2. The zero-order valence-corrected chi connectivity index (χ0v) is 12.2. The van der Waals surface area contributed by atoms with Gasteiger partial charge >= 0.3 is 0 Å². The van der Waals surface area contributed by atoms with Crippen LogP contribution in [0.25, 0.3) is 0 Å². The Kier molecular flexibility index (Phi) is 3.79. The molecule has 88 valence electrons. The molecule has 3 heteroatoms. The summed E-state index contributed by atoms with van der Waals surface area (Å²) in [5.41, 5.74) is 4.38. The van der Waals surface area contributed by atoms with Gasteiger partial charge in [-0.2, -0.15) is 0 Å². The van der Waals surface area contributed by atoms with Crippen LogP contribution < -0.4 is 0 Å². The molecule has 2 rings (SSSR count). The monoisotopic (exact) mass is 308 g/mol. The predicted octanol–water partition coefficient (Wildman–Crippen LogP) is 4.55. The molecule has 0 aliphatic rings. The van der Waals surface area contributed by atoms with Crippen molar-refractivity contribution < 1.29 is 4.79 Å². The summed E-state index contributed by atoms with van der Waals surface area (Å²) in [5, 5.41) is 1.90. The third kappa shape index (κ3) is 3.05. The van der Waals surface area contributed by atoms with Gasteiger partial charge in [-0.25, -0.2) is 0 Å². The van der Waals surface area contributed by atoms with E-state index in [-0.39, 0.29) is 5.78 Å². The fourth-order valence-corrected chi connectivity index (χ4v) is 2.82. The number of Topliss-reactive ketones (excluding diaryl/α,β-unsaturated/α-hetero) is 1. The molecule has 1 heterocycles. The number of carbonyl (C=O) groups excluding carboxylic acids is 1. The number of halogens is 1. The second-order valence-electron chi connectivity index (χ2n) is 4.16.